The molecule has 3 aromatic carbocycles. The molecule has 2 heteroatoms. The Hall–Kier alpha value is -2.45. The van der Waals surface area contributed by atoms with E-state index in [0.717, 1.165) is 39.4 Å². The van der Waals surface area contributed by atoms with Crippen molar-refractivity contribution in [1.82, 2.24) is 0 Å². The molecule has 1 heterocycles. The van der Waals surface area contributed by atoms with Crippen LogP contribution in [-0.4, -0.2) is 0 Å². The van der Waals surface area contributed by atoms with Gasteiger partial charge in [0.25, 0.3) is 0 Å². The van der Waals surface area contributed by atoms with Crippen LogP contribution in [0, 0.1) is 0 Å². The number of hydrogen-bond donors (Lipinski definition) is 0. The minimum atomic E-state index is 0.183. The minimum absolute atomic E-state index is 0.183. The van der Waals surface area contributed by atoms with Gasteiger partial charge in [0, 0.05) is 20.2 Å². The van der Waals surface area contributed by atoms with Gasteiger partial charge in [0.15, 0.2) is 5.43 Å². The van der Waals surface area contributed by atoms with Gasteiger partial charge in [-0.3, -0.25) is 4.79 Å². The highest BCUT2D eigenvalue weighted by atomic mass is 32.1. The lowest BCUT2D eigenvalue weighted by molar-refractivity contribution is 0.912. The standard InChI is InChI=1S/C23H20OS/c1-2-8-18-17(15-16-9-4-3-5-10-16)13-14-21-22(18)23(24)19-11-6-7-12-20(19)25-21/h3-7,9-14H,2,8,15H2,1H3. The molecule has 4 aromatic rings. The van der Waals surface area contributed by atoms with Crippen LogP contribution < -0.4 is 5.43 Å². The van der Waals surface area contributed by atoms with Gasteiger partial charge in [-0.25, -0.2) is 0 Å². The summed E-state index contributed by atoms with van der Waals surface area (Å²) in [5.74, 6) is 0. The van der Waals surface area contributed by atoms with Crippen LogP contribution in [0.3, 0.4) is 0 Å². The predicted octanol–water partition coefficient (Wildman–Crippen LogP) is 5.96. The number of hydrogen-bond acceptors (Lipinski definition) is 2. The Morgan fingerprint density at radius 1 is 0.840 bits per heavy atom. The number of fused-ring (bicyclic) bond motifs is 2. The van der Waals surface area contributed by atoms with Crippen molar-refractivity contribution >= 4 is 31.5 Å². The Morgan fingerprint density at radius 3 is 2.40 bits per heavy atom. The van der Waals surface area contributed by atoms with Crippen molar-refractivity contribution in [3.8, 4) is 0 Å². The monoisotopic (exact) mass is 344 g/mol. The molecular formula is C23H20OS. The molecule has 0 aliphatic carbocycles. The van der Waals surface area contributed by atoms with E-state index in [0.29, 0.717) is 0 Å². The Morgan fingerprint density at radius 2 is 1.60 bits per heavy atom. The zero-order chi connectivity index (χ0) is 17.2. The molecule has 0 radical (unpaired) electrons. The summed E-state index contributed by atoms with van der Waals surface area (Å²) in [6.07, 6.45) is 2.86. The van der Waals surface area contributed by atoms with Crippen molar-refractivity contribution in [3.63, 3.8) is 0 Å². The third kappa shape index (κ3) is 2.98. The van der Waals surface area contributed by atoms with Crippen molar-refractivity contribution in [3.05, 3.63) is 93.6 Å². The van der Waals surface area contributed by atoms with Crippen LogP contribution in [-0.2, 0) is 12.8 Å². The van der Waals surface area contributed by atoms with Crippen LogP contribution in [0.2, 0.25) is 0 Å². The molecule has 0 N–H and O–H groups in total. The molecule has 0 atom stereocenters. The summed E-state index contributed by atoms with van der Waals surface area (Å²) in [5.41, 5.74) is 3.98. The van der Waals surface area contributed by atoms with Gasteiger partial charge < -0.3 is 0 Å². The molecule has 4 rings (SSSR count). The highest BCUT2D eigenvalue weighted by Gasteiger charge is 2.13. The third-order valence-corrected chi connectivity index (χ3v) is 5.82. The van der Waals surface area contributed by atoms with E-state index in [-0.39, 0.29) is 5.43 Å². The summed E-state index contributed by atoms with van der Waals surface area (Å²) in [7, 11) is 0. The topological polar surface area (TPSA) is 17.1 Å². The zero-order valence-electron chi connectivity index (χ0n) is 14.3. The van der Waals surface area contributed by atoms with E-state index >= 15 is 0 Å². The Kier molecular flexibility index (Phi) is 4.37. The van der Waals surface area contributed by atoms with Gasteiger partial charge in [0.2, 0.25) is 0 Å². The second-order valence-electron chi connectivity index (χ2n) is 6.42. The molecule has 0 amide bonds. The number of aryl methyl sites for hydroxylation is 1. The van der Waals surface area contributed by atoms with Crippen LogP contribution >= 0.6 is 11.3 Å². The molecule has 0 bridgehead atoms. The molecule has 0 saturated heterocycles. The number of benzene rings is 3. The molecule has 0 aliphatic heterocycles. The molecule has 0 aliphatic rings. The van der Waals surface area contributed by atoms with Gasteiger partial charge in [-0.1, -0.05) is 61.9 Å². The summed E-state index contributed by atoms with van der Waals surface area (Å²) in [6, 6.07) is 22.8. The molecule has 1 nitrogen and oxygen atoms in total. The van der Waals surface area contributed by atoms with E-state index in [1.807, 2.05) is 30.3 Å². The average Bonchev–Trinajstić information content (AvgIpc) is 2.65. The van der Waals surface area contributed by atoms with Crippen LogP contribution in [0.1, 0.15) is 30.0 Å². The van der Waals surface area contributed by atoms with E-state index in [1.165, 1.54) is 16.7 Å². The van der Waals surface area contributed by atoms with E-state index in [4.69, 9.17) is 0 Å². The van der Waals surface area contributed by atoms with Crippen molar-refractivity contribution in [2.24, 2.45) is 0 Å². The zero-order valence-corrected chi connectivity index (χ0v) is 15.1. The lowest BCUT2D eigenvalue weighted by Crippen LogP contribution is -2.07. The second kappa shape index (κ2) is 6.81. The molecule has 1 aromatic heterocycles. The van der Waals surface area contributed by atoms with Crippen LogP contribution in [0.5, 0.6) is 0 Å². The van der Waals surface area contributed by atoms with Gasteiger partial charge in [-0.15, -0.1) is 11.3 Å². The van der Waals surface area contributed by atoms with Crippen LogP contribution in [0.4, 0.5) is 0 Å². The third-order valence-electron chi connectivity index (χ3n) is 4.69. The lowest BCUT2D eigenvalue weighted by atomic mass is 9.94. The largest absolute Gasteiger partial charge is 0.288 e. The fourth-order valence-corrected chi connectivity index (χ4v) is 4.63. The van der Waals surface area contributed by atoms with Crippen LogP contribution in [0.25, 0.3) is 20.2 Å². The maximum absolute atomic E-state index is 13.2. The minimum Gasteiger partial charge on any atom is -0.288 e. The highest BCUT2D eigenvalue weighted by molar-refractivity contribution is 7.24. The lowest BCUT2D eigenvalue weighted by Gasteiger charge is -2.13. The fraction of sp³-hybridized carbons (Fsp3) is 0.174. The number of rotatable bonds is 4. The highest BCUT2D eigenvalue weighted by Crippen LogP contribution is 2.30. The summed E-state index contributed by atoms with van der Waals surface area (Å²) in [4.78, 5) is 13.2. The van der Waals surface area contributed by atoms with Crippen molar-refractivity contribution in [2.75, 3.05) is 0 Å². The van der Waals surface area contributed by atoms with Gasteiger partial charge in [0.1, 0.15) is 0 Å². The molecule has 0 spiro atoms. The van der Waals surface area contributed by atoms with Crippen molar-refractivity contribution < 1.29 is 0 Å². The Balaban J connectivity index is 1.98. The summed E-state index contributed by atoms with van der Waals surface area (Å²) in [6.45, 7) is 2.18. The van der Waals surface area contributed by atoms with Crippen molar-refractivity contribution in [2.45, 2.75) is 26.2 Å². The van der Waals surface area contributed by atoms with E-state index in [2.05, 4.69) is 43.3 Å². The van der Waals surface area contributed by atoms with E-state index in [9.17, 15) is 4.79 Å². The van der Waals surface area contributed by atoms with Gasteiger partial charge in [-0.2, -0.15) is 0 Å². The SMILES string of the molecule is CCCc1c(Cc2ccccc2)ccc2sc3ccccc3c(=O)c12. The second-order valence-corrected chi connectivity index (χ2v) is 7.50. The van der Waals surface area contributed by atoms with Gasteiger partial charge in [-0.05, 0) is 47.7 Å². The van der Waals surface area contributed by atoms with Gasteiger partial charge in [0.05, 0.1) is 0 Å². The summed E-state index contributed by atoms with van der Waals surface area (Å²) in [5, 5.41) is 1.77. The quantitative estimate of drug-likeness (QED) is 0.418. The van der Waals surface area contributed by atoms with E-state index in [1.54, 1.807) is 11.3 Å². The van der Waals surface area contributed by atoms with Crippen LogP contribution in [0.15, 0.2) is 71.5 Å². The molecule has 0 saturated carbocycles. The normalized spacial score (nSPS) is 11.2. The first-order valence-electron chi connectivity index (χ1n) is 8.78. The molecule has 25 heavy (non-hydrogen) atoms. The molecule has 124 valence electrons. The summed E-state index contributed by atoms with van der Waals surface area (Å²) < 4.78 is 2.17. The Labute approximate surface area is 151 Å². The van der Waals surface area contributed by atoms with Crippen molar-refractivity contribution in [1.29, 1.82) is 0 Å². The average molecular weight is 344 g/mol. The van der Waals surface area contributed by atoms with E-state index < -0.39 is 0 Å². The first-order chi connectivity index (χ1) is 12.3. The maximum atomic E-state index is 13.2. The molecule has 0 unspecified atom stereocenters. The smallest absolute Gasteiger partial charge is 0.196 e. The first-order valence-corrected chi connectivity index (χ1v) is 9.60. The molecule has 0 fully saturated rings. The summed E-state index contributed by atoms with van der Waals surface area (Å²) >= 11 is 1.72. The first kappa shape index (κ1) is 16.0. The fourth-order valence-electron chi connectivity index (χ4n) is 3.52. The molecular weight excluding hydrogens is 324 g/mol. The Bertz CT molecular complexity index is 1090. The predicted molar refractivity (Wildman–Crippen MR) is 109 cm³/mol. The maximum Gasteiger partial charge on any atom is 0.196 e. The van der Waals surface area contributed by atoms with Gasteiger partial charge >= 0.3 is 0 Å².